The zero-order chi connectivity index (χ0) is 16.9. The van der Waals surface area contributed by atoms with E-state index in [1.54, 1.807) is 0 Å². The van der Waals surface area contributed by atoms with Crippen molar-refractivity contribution < 1.29 is 4.79 Å². The molecule has 1 N–H and O–H groups in total. The van der Waals surface area contributed by atoms with Gasteiger partial charge < -0.3 is 10.2 Å². The lowest BCUT2D eigenvalue weighted by Gasteiger charge is -2.38. The molecule has 2 aliphatic rings. The van der Waals surface area contributed by atoms with Crippen molar-refractivity contribution in [3.63, 3.8) is 0 Å². The van der Waals surface area contributed by atoms with E-state index < -0.39 is 0 Å². The van der Waals surface area contributed by atoms with Crippen molar-refractivity contribution in [2.45, 2.75) is 58.0 Å². The molecule has 24 heavy (non-hydrogen) atoms. The van der Waals surface area contributed by atoms with Crippen molar-refractivity contribution in [2.75, 3.05) is 31.1 Å². The van der Waals surface area contributed by atoms with Gasteiger partial charge in [0.1, 0.15) is 0 Å². The maximum Gasteiger partial charge on any atom is 0.251 e. The maximum absolute atomic E-state index is 12.4. The summed E-state index contributed by atoms with van der Waals surface area (Å²) in [7, 11) is 0. The zero-order valence-electron chi connectivity index (χ0n) is 15.1. The number of hydrogen-bond donors (Lipinski definition) is 1. The summed E-state index contributed by atoms with van der Waals surface area (Å²) < 4.78 is 0. The molecular formula is C20H31N3O. The number of hydrogen-bond acceptors (Lipinski definition) is 3. The number of carbonyl (C=O) groups excluding carboxylic acids is 1. The van der Waals surface area contributed by atoms with Gasteiger partial charge in [0.05, 0.1) is 0 Å². The van der Waals surface area contributed by atoms with E-state index in [-0.39, 0.29) is 5.91 Å². The first-order chi connectivity index (χ1) is 11.6. The molecule has 0 aromatic heterocycles. The number of anilines is 1. The number of piperazine rings is 1. The van der Waals surface area contributed by atoms with Crippen LogP contribution in [0.4, 0.5) is 5.69 Å². The van der Waals surface area contributed by atoms with Crippen LogP contribution in [0, 0.1) is 0 Å². The summed E-state index contributed by atoms with van der Waals surface area (Å²) in [5, 5.41) is 3.19. The summed E-state index contributed by atoms with van der Waals surface area (Å²) in [6, 6.07) is 9.14. The molecule has 3 rings (SSSR count). The molecule has 0 radical (unpaired) electrons. The molecule has 4 nitrogen and oxygen atoms in total. The molecule has 1 aliphatic carbocycles. The van der Waals surface area contributed by atoms with E-state index in [2.05, 4.69) is 41.1 Å². The van der Waals surface area contributed by atoms with Gasteiger partial charge in [-0.05, 0) is 51.0 Å². The molecule has 1 amide bonds. The Morgan fingerprint density at radius 2 is 1.62 bits per heavy atom. The fourth-order valence-electron chi connectivity index (χ4n) is 3.84. The predicted octanol–water partition coefficient (Wildman–Crippen LogP) is 3.28. The molecule has 2 fully saturated rings. The van der Waals surface area contributed by atoms with E-state index in [0.29, 0.717) is 12.1 Å². The van der Waals surface area contributed by atoms with Gasteiger partial charge in [-0.3, -0.25) is 9.69 Å². The zero-order valence-corrected chi connectivity index (χ0v) is 15.1. The molecular weight excluding hydrogens is 298 g/mol. The van der Waals surface area contributed by atoms with E-state index in [1.165, 1.54) is 24.9 Å². The number of nitrogens with one attached hydrogen (secondary N) is 1. The second-order valence-electron chi connectivity index (χ2n) is 7.47. The lowest BCUT2D eigenvalue weighted by atomic mass is 9.95. The quantitative estimate of drug-likeness (QED) is 0.921. The van der Waals surface area contributed by atoms with E-state index in [0.717, 1.165) is 44.6 Å². The molecule has 0 bridgehead atoms. The van der Waals surface area contributed by atoms with Crippen LogP contribution in [0.1, 0.15) is 56.3 Å². The third kappa shape index (κ3) is 4.29. The predicted molar refractivity (Wildman–Crippen MR) is 99.7 cm³/mol. The van der Waals surface area contributed by atoms with Gasteiger partial charge in [-0.15, -0.1) is 0 Å². The number of carbonyl (C=O) groups is 1. The molecule has 1 aromatic rings. The lowest BCUT2D eigenvalue weighted by Crippen LogP contribution is -2.48. The fraction of sp³-hybridized carbons (Fsp3) is 0.650. The second-order valence-corrected chi connectivity index (χ2v) is 7.47. The van der Waals surface area contributed by atoms with Crippen molar-refractivity contribution in [3.05, 3.63) is 29.8 Å². The van der Waals surface area contributed by atoms with Crippen molar-refractivity contribution in [1.82, 2.24) is 10.2 Å². The number of amides is 1. The van der Waals surface area contributed by atoms with Gasteiger partial charge in [-0.1, -0.05) is 19.3 Å². The Hall–Kier alpha value is -1.55. The molecule has 132 valence electrons. The Morgan fingerprint density at radius 1 is 1.00 bits per heavy atom. The van der Waals surface area contributed by atoms with Gasteiger partial charge in [-0.2, -0.15) is 0 Å². The third-order valence-electron chi connectivity index (χ3n) is 5.48. The highest BCUT2D eigenvalue weighted by atomic mass is 16.1. The van der Waals surface area contributed by atoms with Crippen LogP contribution in [0.5, 0.6) is 0 Å². The minimum atomic E-state index is 0.0816. The highest BCUT2D eigenvalue weighted by Crippen LogP contribution is 2.20. The van der Waals surface area contributed by atoms with Gasteiger partial charge in [0.2, 0.25) is 0 Å². The van der Waals surface area contributed by atoms with Crippen LogP contribution in [-0.4, -0.2) is 49.1 Å². The normalized spacial score (nSPS) is 20.4. The van der Waals surface area contributed by atoms with Crippen LogP contribution in [0.2, 0.25) is 0 Å². The number of nitrogens with zero attached hydrogens (tertiary/aromatic N) is 2. The van der Waals surface area contributed by atoms with Gasteiger partial charge >= 0.3 is 0 Å². The summed E-state index contributed by atoms with van der Waals surface area (Å²) in [6.45, 7) is 8.87. The van der Waals surface area contributed by atoms with Gasteiger partial charge in [0.15, 0.2) is 0 Å². The van der Waals surface area contributed by atoms with Crippen molar-refractivity contribution in [1.29, 1.82) is 0 Å². The van der Waals surface area contributed by atoms with Crippen LogP contribution >= 0.6 is 0 Å². The minimum absolute atomic E-state index is 0.0816. The molecule has 0 atom stereocenters. The summed E-state index contributed by atoms with van der Waals surface area (Å²) in [4.78, 5) is 17.3. The van der Waals surface area contributed by atoms with Crippen LogP contribution in [0.15, 0.2) is 24.3 Å². The summed E-state index contributed by atoms with van der Waals surface area (Å²) in [5.41, 5.74) is 2.01. The van der Waals surface area contributed by atoms with Crippen LogP contribution in [0.25, 0.3) is 0 Å². The Morgan fingerprint density at radius 3 is 2.21 bits per heavy atom. The van der Waals surface area contributed by atoms with Gasteiger partial charge in [0.25, 0.3) is 5.91 Å². The van der Waals surface area contributed by atoms with E-state index in [1.807, 2.05) is 12.1 Å². The van der Waals surface area contributed by atoms with E-state index >= 15 is 0 Å². The largest absolute Gasteiger partial charge is 0.369 e. The average Bonchev–Trinajstić information content (AvgIpc) is 2.63. The Balaban J connectivity index is 1.54. The summed E-state index contributed by atoms with van der Waals surface area (Å²) in [6.07, 6.45) is 6.05. The molecule has 0 spiro atoms. The van der Waals surface area contributed by atoms with Crippen molar-refractivity contribution >= 4 is 11.6 Å². The van der Waals surface area contributed by atoms with Gasteiger partial charge in [0, 0.05) is 49.5 Å². The first-order valence-corrected chi connectivity index (χ1v) is 9.53. The highest BCUT2D eigenvalue weighted by molar-refractivity contribution is 5.94. The van der Waals surface area contributed by atoms with Gasteiger partial charge in [-0.25, -0.2) is 0 Å². The Kier molecular flexibility index (Phi) is 5.77. The molecule has 0 unspecified atom stereocenters. The van der Waals surface area contributed by atoms with E-state index in [4.69, 9.17) is 0 Å². The molecule has 1 saturated heterocycles. The molecule has 4 heteroatoms. The van der Waals surface area contributed by atoms with Crippen LogP contribution < -0.4 is 10.2 Å². The number of rotatable bonds is 4. The Labute approximate surface area is 146 Å². The smallest absolute Gasteiger partial charge is 0.251 e. The highest BCUT2D eigenvalue weighted by Gasteiger charge is 2.20. The molecule has 1 saturated carbocycles. The summed E-state index contributed by atoms with van der Waals surface area (Å²) >= 11 is 0. The topological polar surface area (TPSA) is 35.6 Å². The number of benzene rings is 1. The molecule has 1 aliphatic heterocycles. The molecule has 1 aromatic carbocycles. The van der Waals surface area contributed by atoms with Crippen LogP contribution in [0.3, 0.4) is 0 Å². The lowest BCUT2D eigenvalue weighted by molar-refractivity contribution is 0.0927. The van der Waals surface area contributed by atoms with Crippen LogP contribution in [-0.2, 0) is 0 Å². The standard InChI is InChI=1S/C20H31N3O/c1-16(2)22-12-14-23(15-13-22)19-10-8-17(9-11-19)20(24)21-18-6-4-3-5-7-18/h8-11,16,18H,3-7,12-15H2,1-2H3,(H,21,24). The average molecular weight is 329 g/mol. The fourth-order valence-corrected chi connectivity index (χ4v) is 3.84. The monoisotopic (exact) mass is 329 g/mol. The SMILES string of the molecule is CC(C)N1CCN(c2ccc(C(=O)NC3CCCCC3)cc2)CC1. The summed E-state index contributed by atoms with van der Waals surface area (Å²) in [5.74, 6) is 0.0816. The minimum Gasteiger partial charge on any atom is -0.369 e. The second kappa shape index (κ2) is 8.02. The van der Waals surface area contributed by atoms with Crippen molar-refractivity contribution in [3.8, 4) is 0 Å². The first-order valence-electron chi connectivity index (χ1n) is 9.53. The first kappa shape index (κ1) is 17.3. The van der Waals surface area contributed by atoms with Crippen molar-refractivity contribution in [2.24, 2.45) is 0 Å². The maximum atomic E-state index is 12.4. The Bertz CT molecular complexity index is 526. The van der Waals surface area contributed by atoms with E-state index in [9.17, 15) is 4.79 Å². The third-order valence-corrected chi connectivity index (χ3v) is 5.48. The molecule has 1 heterocycles.